The number of aromatic nitrogens is 2. The van der Waals surface area contributed by atoms with Crippen LogP contribution in [0.25, 0.3) is 10.9 Å². The van der Waals surface area contributed by atoms with Gasteiger partial charge in [0.2, 0.25) is 19.5 Å². The Morgan fingerprint density at radius 2 is 1.68 bits per heavy atom. The zero-order valence-corrected chi connectivity index (χ0v) is 21.8. The maximum absolute atomic E-state index is 13.8. The first-order valence-electron chi connectivity index (χ1n) is 11.9. The van der Waals surface area contributed by atoms with Crippen LogP contribution in [0, 0.1) is 0 Å². The number of thioether (sulfide) groups is 1. The molecule has 2 aliphatic heterocycles. The van der Waals surface area contributed by atoms with Crippen molar-refractivity contribution in [2.75, 3.05) is 18.9 Å². The van der Waals surface area contributed by atoms with Crippen LogP contribution in [0.3, 0.4) is 0 Å². The van der Waals surface area contributed by atoms with E-state index in [2.05, 4.69) is 5.32 Å². The van der Waals surface area contributed by atoms with Crippen LogP contribution in [-0.4, -0.2) is 34.3 Å². The molecule has 1 N–H and O–H groups in total. The quantitative estimate of drug-likeness (QED) is 0.251. The number of ether oxygens (including phenoxy) is 4. The summed E-state index contributed by atoms with van der Waals surface area (Å²) in [5.74, 6) is 2.11. The predicted octanol–water partition coefficient (Wildman–Crippen LogP) is 5.07. The smallest absolute Gasteiger partial charge is 0.262 e. The van der Waals surface area contributed by atoms with Gasteiger partial charge in [0.05, 0.1) is 22.7 Å². The molecule has 0 spiro atoms. The second-order valence-corrected chi connectivity index (χ2v) is 10.3. The molecule has 11 heteroatoms. The van der Waals surface area contributed by atoms with Gasteiger partial charge in [0.25, 0.3) is 5.56 Å². The van der Waals surface area contributed by atoms with Gasteiger partial charge in [-0.25, -0.2) is 4.98 Å². The Bertz CT molecular complexity index is 1610. The topological polar surface area (TPSA) is 101 Å². The third-order valence-electron chi connectivity index (χ3n) is 6.21. The van der Waals surface area contributed by atoms with E-state index in [-0.39, 0.29) is 31.6 Å². The van der Waals surface area contributed by atoms with Crippen LogP contribution >= 0.6 is 23.4 Å². The molecule has 1 unspecified atom stereocenters. The molecule has 0 radical (unpaired) electrons. The molecule has 194 valence electrons. The first-order valence-corrected chi connectivity index (χ1v) is 13.2. The van der Waals surface area contributed by atoms with Crippen LogP contribution in [0.15, 0.2) is 64.5 Å². The summed E-state index contributed by atoms with van der Waals surface area (Å²) < 4.78 is 23.5. The van der Waals surface area contributed by atoms with Gasteiger partial charge in [0.15, 0.2) is 28.2 Å². The lowest BCUT2D eigenvalue weighted by Gasteiger charge is -2.18. The molecule has 9 nitrogen and oxygen atoms in total. The summed E-state index contributed by atoms with van der Waals surface area (Å²) in [6.45, 7) is 2.38. The molecule has 2 aliphatic rings. The third-order valence-corrected chi connectivity index (χ3v) is 7.82. The number of nitrogens with one attached hydrogen (secondary N) is 1. The summed E-state index contributed by atoms with van der Waals surface area (Å²) in [6, 6.07) is 15.8. The molecule has 6 rings (SSSR count). The highest BCUT2D eigenvalue weighted by Gasteiger charge is 2.24. The van der Waals surface area contributed by atoms with Crippen molar-refractivity contribution in [3.63, 3.8) is 0 Å². The molecule has 1 aromatic heterocycles. The van der Waals surface area contributed by atoms with Gasteiger partial charge in [-0.1, -0.05) is 36.4 Å². The lowest BCUT2D eigenvalue weighted by atomic mass is 10.2. The summed E-state index contributed by atoms with van der Waals surface area (Å²) in [7, 11) is 0. The minimum atomic E-state index is -0.507. The molecule has 3 aromatic carbocycles. The number of halogens is 1. The zero-order valence-electron chi connectivity index (χ0n) is 20.2. The molecule has 3 heterocycles. The van der Waals surface area contributed by atoms with Gasteiger partial charge in [-0.3, -0.25) is 14.2 Å². The number of benzene rings is 3. The number of fused-ring (bicyclic) bond motifs is 3. The van der Waals surface area contributed by atoms with Crippen LogP contribution in [0.2, 0.25) is 5.02 Å². The van der Waals surface area contributed by atoms with E-state index in [0.717, 1.165) is 5.56 Å². The second-order valence-electron chi connectivity index (χ2n) is 8.71. The van der Waals surface area contributed by atoms with Gasteiger partial charge in [0.1, 0.15) is 0 Å². The Balaban J connectivity index is 1.38. The Morgan fingerprint density at radius 3 is 2.42 bits per heavy atom. The van der Waals surface area contributed by atoms with Gasteiger partial charge in [-0.05, 0) is 54.4 Å². The van der Waals surface area contributed by atoms with E-state index in [9.17, 15) is 9.59 Å². The molecule has 1 atom stereocenters. The molecule has 38 heavy (non-hydrogen) atoms. The van der Waals surface area contributed by atoms with Gasteiger partial charge >= 0.3 is 0 Å². The monoisotopic (exact) mass is 551 g/mol. The number of hydrogen-bond donors (Lipinski definition) is 1. The van der Waals surface area contributed by atoms with Crippen LogP contribution in [0.4, 0.5) is 5.69 Å². The first kappa shape index (κ1) is 24.4. The number of anilines is 1. The lowest BCUT2D eigenvalue weighted by molar-refractivity contribution is -0.115. The van der Waals surface area contributed by atoms with E-state index >= 15 is 0 Å². The molecule has 0 saturated carbocycles. The number of nitrogens with zero attached hydrogens (tertiary/aromatic N) is 2. The molecular formula is C27H22ClN3O6S. The Kier molecular flexibility index (Phi) is 6.50. The Hall–Kier alpha value is -3.89. The summed E-state index contributed by atoms with van der Waals surface area (Å²) in [6.07, 6.45) is 0.517. The maximum Gasteiger partial charge on any atom is 0.262 e. The van der Waals surface area contributed by atoms with Crippen molar-refractivity contribution in [3.05, 3.63) is 75.5 Å². The van der Waals surface area contributed by atoms with Crippen molar-refractivity contribution in [1.29, 1.82) is 0 Å². The highest BCUT2D eigenvalue weighted by Crippen LogP contribution is 2.36. The highest BCUT2D eigenvalue weighted by molar-refractivity contribution is 8.00. The van der Waals surface area contributed by atoms with Gasteiger partial charge < -0.3 is 24.3 Å². The Labute approximate surface area is 226 Å². The SMILES string of the molecule is CCC(Sc1nc2cc3c(cc2c(=O)n1Cc1ccc2c(c1)OCO2)OCO3)C(=O)Nc1ccc(Cl)cc1. The molecule has 1 amide bonds. The number of carbonyl (C=O) groups excluding carboxylic acids is 1. The van der Waals surface area contributed by atoms with Crippen molar-refractivity contribution in [3.8, 4) is 23.0 Å². The van der Waals surface area contributed by atoms with Gasteiger partial charge in [0, 0.05) is 16.8 Å². The molecule has 0 bridgehead atoms. The number of hydrogen-bond acceptors (Lipinski definition) is 8. The minimum absolute atomic E-state index is 0.0847. The van der Waals surface area contributed by atoms with Crippen molar-refractivity contribution in [2.24, 2.45) is 0 Å². The van der Waals surface area contributed by atoms with E-state index in [1.165, 1.54) is 11.8 Å². The van der Waals surface area contributed by atoms with Gasteiger partial charge in [-0.2, -0.15) is 0 Å². The highest BCUT2D eigenvalue weighted by atomic mass is 35.5. The maximum atomic E-state index is 13.8. The number of carbonyl (C=O) groups is 1. The zero-order chi connectivity index (χ0) is 26.2. The summed E-state index contributed by atoms with van der Waals surface area (Å²) in [5.41, 5.74) is 1.69. The largest absolute Gasteiger partial charge is 0.454 e. The predicted molar refractivity (Wildman–Crippen MR) is 144 cm³/mol. The lowest BCUT2D eigenvalue weighted by Crippen LogP contribution is -2.28. The Morgan fingerprint density at radius 1 is 1.00 bits per heavy atom. The van der Waals surface area contributed by atoms with Gasteiger partial charge in [-0.15, -0.1) is 0 Å². The number of amides is 1. The van der Waals surface area contributed by atoms with E-state index < -0.39 is 5.25 Å². The van der Waals surface area contributed by atoms with Crippen molar-refractivity contribution < 1.29 is 23.7 Å². The fraction of sp³-hybridized carbons (Fsp3) is 0.222. The average molecular weight is 552 g/mol. The van der Waals surface area contributed by atoms with Crippen LogP contribution in [-0.2, 0) is 11.3 Å². The number of rotatable bonds is 7. The van der Waals surface area contributed by atoms with Crippen molar-refractivity contribution >= 4 is 45.9 Å². The van der Waals surface area contributed by atoms with Crippen molar-refractivity contribution in [1.82, 2.24) is 9.55 Å². The molecule has 4 aromatic rings. The minimum Gasteiger partial charge on any atom is -0.454 e. The molecule has 0 aliphatic carbocycles. The average Bonchev–Trinajstić information content (AvgIpc) is 3.58. The standard InChI is InChI=1S/C27H22ClN3O6S/c1-2-24(25(32)29-17-6-4-16(28)5-7-17)38-27-30-19-11-23-22(36-14-37-23)10-18(19)26(33)31(27)12-15-3-8-20-21(9-15)35-13-34-20/h3-11,24H,2,12-14H2,1H3,(H,29,32). The van der Waals surface area contributed by atoms with Crippen LogP contribution < -0.4 is 29.8 Å². The molecule has 0 fully saturated rings. The van der Waals surface area contributed by atoms with E-state index in [0.29, 0.717) is 56.2 Å². The van der Waals surface area contributed by atoms with Crippen LogP contribution in [0.5, 0.6) is 23.0 Å². The first-order chi connectivity index (χ1) is 18.5. The molecule has 0 saturated heterocycles. The normalized spacial score (nSPS) is 14.1. The van der Waals surface area contributed by atoms with E-state index in [4.69, 9.17) is 35.5 Å². The summed E-state index contributed by atoms with van der Waals surface area (Å²) >= 11 is 7.21. The molecular weight excluding hydrogens is 530 g/mol. The summed E-state index contributed by atoms with van der Waals surface area (Å²) in [4.78, 5) is 31.8. The van der Waals surface area contributed by atoms with Crippen molar-refractivity contribution in [2.45, 2.75) is 30.3 Å². The third kappa shape index (κ3) is 4.72. The van der Waals surface area contributed by atoms with E-state index in [1.807, 2.05) is 25.1 Å². The van der Waals surface area contributed by atoms with Crippen LogP contribution in [0.1, 0.15) is 18.9 Å². The summed E-state index contributed by atoms with van der Waals surface area (Å²) in [5, 5.41) is 3.81. The fourth-order valence-electron chi connectivity index (χ4n) is 4.25. The fourth-order valence-corrected chi connectivity index (χ4v) is 5.39. The second kappa shape index (κ2) is 10.1. The van der Waals surface area contributed by atoms with E-state index in [1.54, 1.807) is 41.0 Å².